The Morgan fingerprint density at radius 1 is 0.526 bits per heavy atom. The van der Waals surface area contributed by atoms with Gasteiger partial charge in [0.2, 0.25) is 0 Å². The maximum atomic E-state index is 12.5. The van der Waals surface area contributed by atoms with Crippen molar-refractivity contribution in [1.29, 1.82) is 0 Å². The molecule has 7 nitrogen and oxygen atoms in total. The third-order valence-corrected chi connectivity index (χ3v) is 7.84. The van der Waals surface area contributed by atoms with Gasteiger partial charge < -0.3 is 15.3 Å². The fraction of sp³-hybridized carbons (Fsp3) is 0.839. The third-order valence-electron chi connectivity index (χ3n) is 7.84. The molecule has 0 aromatic rings. The highest BCUT2D eigenvalue weighted by Crippen LogP contribution is 2.34. The molecule has 0 saturated carbocycles. The topological polar surface area (TPSA) is 112 Å². The predicted octanol–water partition coefficient (Wildman–Crippen LogP) is 7.82. The Morgan fingerprint density at radius 3 is 1.21 bits per heavy atom. The number of rotatable bonds is 26. The van der Waals surface area contributed by atoms with Crippen LogP contribution in [-0.4, -0.2) is 62.4 Å². The minimum absolute atomic E-state index is 0.229. The molecule has 38 heavy (non-hydrogen) atoms. The molecule has 0 rings (SSSR count). The summed E-state index contributed by atoms with van der Waals surface area (Å²) in [6.07, 6.45) is 20.5. The van der Waals surface area contributed by atoms with Crippen LogP contribution in [0.2, 0.25) is 0 Å². The van der Waals surface area contributed by atoms with Gasteiger partial charge in [-0.1, -0.05) is 91.2 Å². The maximum absolute atomic E-state index is 12.5. The van der Waals surface area contributed by atoms with Crippen LogP contribution in [0.4, 0.5) is 0 Å². The van der Waals surface area contributed by atoms with Gasteiger partial charge in [0, 0.05) is 25.7 Å². The van der Waals surface area contributed by atoms with E-state index in [2.05, 4.69) is 19.1 Å². The molecule has 3 atom stereocenters. The fourth-order valence-electron chi connectivity index (χ4n) is 5.94. The van der Waals surface area contributed by atoms with Crippen LogP contribution in [0.15, 0.2) is 12.2 Å². The molecule has 0 aromatic carbocycles. The van der Waals surface area contributed by atoms with E-state index in [0.29, 0.717) is 32.1 Å². The van der Waals surface area contributed by atoms with Crippen molar-refractivity contribution in [3.8, 4) is 0 Å². The number of carboxylic acid groups (broad SMARTS) is 3. The number of carbonyl (C=O) groups is 3. The molecular weight excluding hydrogens is 482 g/mol. The lowest BCUT2D eigenvalue weighted by Crippen LogP contribution is -2.72. The Hall–Kier alpha value is -1.89. The molecule has 0 fully saturated rings. The second-order valence-corrected chi connectivity index (χ2v) is 10.9. The zero-order chi connectivity index (χ0) is 28.8. The monoisotopic (exact) mass is 540 g/mol. The van der Waals surface area contributed by atoms with Gasteiger partial charge in [-0.3, -0.25) is 4.48 Å². The van der Waals surface area contributed by atoms with E-state index in [9.17, 15) is 29.7 Å². The molecule has 0 heterocycles. The number of hydrogen-bond acceptors (Lipinski definition) is 3. The molecule has 0 aliphatic carbocycles. The van der Waals surface area contributed by atoms with Crippen LogP contribution in [0.25, 0.3) is 0 Å². The Balaban J connectivity index is 5.43. The van der Waals surface area contributed by atoms with E-state index in [0.717, 1.165) is 12.8 Å². The second kappa shape index (κ2) is 22.0. The number of allylic oxidation sites excluding steroid dienone is 2. The number of hydrogen-bond donors (Lipinski definition) is 3. The Morgan fingerprint density at radius 2 is 0.868 bits per heavy atom. The second-order valence-electron chi connectivity index (χ2n) is 10.9. The average molecular weight is 541 g/mol. The molecule has 222 valence electrons. The van der Waals surface area contributed by atoms with Crippen molar-refractivity contribution in [2.24, 2.45) is 0 Å². The highest BCUT2D eigenvalue weighted by atomic mass is 16.4. The minimum atomic E-state index is -1.10. The molecule has 0 radical (unpaired) electrons. The van der Waals surface area contributed by atoms with Gasteiger partial charge in [0.1, 0.15) is 0 Å². The van der Waals surface area contributed by atoms with Gasteiger partial charge in [-0.2, -0.15) is 0 Å². The Bertz CT molecular complexity index is 617. The lowest BCUT2D eigenvalue weighted by molar-refractivity contribution is -0.973. The standard InChI is InChI=1S/C31H57NO6/c1-5-9-10-11-12-13-14-15-16-17-18-19-20-21-25-32(26(22-6-2)29(33)34,27(23-7-3)30(35)36)28(24-8-4)31(37)38/h18-19,26-28H,5-17,20-25H2,1-4H3,(H2-,33,34,35,36,37,38)/p+1/b19-18+. The van der Waals surface area contributed by atoms with Crippen molar-refractivity contribution in [2.75, 3.05) is 6.54 Å². The number of nitrogens with zero attached hydrogens (tertiary/aromatic N) is 1. The van der Waals surface area contributed by atoms with Crippen LogP contribution in [-0.2, 0) is 14.4 Å². The van der Waals surface area contributed by atoms with E-state index >= 15 is 0 Å². The molecule has 0 amide bonds. The summed E-state index contributed by atoms with van der Waals surface area (Å²) in [4.78, 5) is 37.6. The molecule has 0 bridgehead atoms. The molecule has 0 aliphatic heterocycles. The summed E-state index contributed by atoms with van der Waals surface area (Å²) in [5, 5.41) is 30.7. The zero-order valence-electron chi connectivity index (χ0n) is 24.8. The molecule has 3 unspecified atom stereocenters. The lowest BCUT2D eigenvalue weighted by Gasteiger charge is -2.50. The SMILES string of the molecule is CCCCCCCCCCC/C=C/CCC[N+](C(CCC)C(=O)O)(C(CCC)C(=O)O)C(CCC)C(=O)O. The summed E-state index contributed by atoms with van der Waals surface area (Å²) >= 11 is 0. The summed E-state index contributed by atoms with van der Waals surface area (Å²) in [6.45, 7) is 8.06. The molecule has 3 N–H and O–H groups in total. The van der Waals surface area contributed by atoms with Crippen LogP contribution in [0.3, 0.4) is 0 Å². The number of unbranched alkanes of at least 4 members (excludes halogenated alkanes) is 10. The molecule has 7 heteroatoms. The highest BCUT2D eigenvalue weighted by molar-refractivity contribution is 5.78. The van der Waals surface area contributed by atoms with E-state index in [4.69, 9.17) is 0 Å². The van der Waals surface area contributed by atoms with Crippen LogP contribution in [0.5, 0.6) is 0 Å². The van der Waals surface area contributed by atoms with Crippen molar-refractivity contribution in [3.63, 3.8) is 0 Å². The van der Waals surface area contributed by atoms with Crippen molar-refractivity contribution in [2.45, 2.75) is 161 Å². The van der Waals surface area contributed by atoms with Gasteiger partial charge in [-0.05, 0) is 38.5 Å². The minimum Gasteiger partial charge on any atom is -0.477 e. The summed E-state index contributed by atoms with van der Waals surface area (Å²) < 4.78 is -0.401. The van der Waals surface area contributed by atoms with Gasteiger partial charge in [0.05, 0.1) is 6.54 Å². The van der Waals surface area contributed by atoms with E-state index in [-0.39, 0.29) is 25.8 Å². The van der Waals surface area contributed by atoms with E-state index in [1.54, 1.807) is 0 Å². The smallest absolute Gasteiger partial charge is 0.362 e. The maximum Gasteiger partial charge on any atom is 0.362 e. The summed E-state index contributed by atoms with van der Waals surface area (Å²) in [6, 6.07) is -3.19. The van der Waals surface area contributed by atoms with Crippen LogP contribution in [0.1, 0.15) is 143 Å². The van der Waals surface area contributed by atoms with Crippen LogP contribution < -0.4 is 0 Å². The van der Waals surface area contributed by atoms with Crippen LogP contribution >= 0.6 is 0 Å². The van der Waals surface area contributed by atoms with Gasteiger partial charge in [-0.15, -0.1) is 0 Å². The lowest BCUT2D eigenvalue weighted by atomic mass is 9.91. The summed E-state index contributed by atoms with van der Waals surface area (Å²) in [7, 11) is 0. The molecule has 0 aliphatic rings. The Kier molecular flexibility index (Phi) is 20.9. The average Bonchev–Trinajstić information content (AvgIpc) is 2.87. The summed E-state index contributed by atoms with van der Waals surface area (Å²) in [5.41, 5.74) is 0. The predicted molar refractivity (Wildman–Crippen MR) is 154 cm³/mol. The van der Waals surface area contributed by atoms with E-state index < -0.39 is 40.5 Å². The van der Waals surface area contributed by atoms with E-state index in [1.165, 1.54) is 51.4 Å². The van der Waals surface area contributed by atoms with Gasteiger partial charge in [0.15, 0.2) is 18.1 Å². The first kappa shape index (κ1) is 36.1. The van der Waals surface area contributed by atoms with Gasteiger partial charge in [-0.25, -0.2) is 14.4 Å². The van der Waals surface area contributed by atoms with Crippen molar-refractivity contribution in [3.05, 3.63) is 12.2 Å². The molecule has 0 spiro atoms. The quantitative estimate of drug-likeness (QED) is 0.0586. The molecule has 0 saturated heterocycles. The van der Waals surface area contributed by atoms with Gasteiger partial charge in [0.25, 0.3) is 0 Å². The van der Waals surface area contributed by atoms with Gasteiger partial charge >= 0.3 is 17.9 Å². The fourth-order valence-corrected chi connectivity index (χ4v) is 5.94. The molecular formula is C31H58NO6+. The first-order valence-electron chi connectivity index (χ1n) is 15.4. The number of carboxylic acids is 3. The highest BCUT2D eigenvalue weighted by Gasteiger charge is 2.56. The van der Waals surface area contributed by atoms with E-state index in [1.807, 2.05) is 20.8 Å². The van der Waals surface area contributed by atoms with Crippen molar-refractivity contribution < 1.29 is 34.2 Å². The summed E-state index contributed by atoms with van der Waals surface area (Å²) in [5.74, 6) is -3.30. The normalized spacial score (nSPS) is 15.7. The van der Waals surface area contributed by atoms with Crippen molar-refractivity contribution >= 4 is 17.9 Å². The number of quaternary nitrogens is 1. The Labute approximate surface area is 232 Å². The van der Waals surface area contributed by atoms with Crippen LogP contribution in [0, 0.1) is 0 Å². The number of aliphatic carboxylic acids is 3. The van der Waals surface area contributed by atoms with Crippen molar-refractivity contribution in [1.82, 2.24) is 0 Å². The first-order chi connectivity index (χ1) is 18.2. The third kappa shape index (κ3) is 12.8. The zero-order valence-corrected chi connectivity index (χ0v) is 24.8. The molecule has 0 aromatic heterocycles. The first-order valence-corrected chi connectivity index (χ1v) is 15.4. The largest absolute Gasteiger partial charge is 0.477 e.